The number of carbonyl (C=O) groups excluding carboxylic acids is 2. The largest absolute Gasteiger partial charge is 0.478 e. The zero-order valence-electron chi connectivity index (χ0n) is 23.3. The van der Waals surface area contributed by atoms with Gasteiger partial charge in [-0.1, -0.05) is 23.7 Å². The van der Waals surface area contributed by atoms with E-state index in [4.69, 9.17) is 26.4 Å². The van der Waals surface area contributed by atoms with Crippen LogP contribution in [0.1, 0.15) is 26.8 Å². The predicted molar refractivity (Wildman–Crippen MR) is 160 cm³/mol. The number of hydrogen-bond acceptors (Lipinski definition) is 8. The molecule has 4 heterocycles. The molecule has 44 heavy (non-hydrogen) atoms. The summed E-state index contributed by atoms with van der Waals surface area (Å²) in [5, 5.41) is 14.5. The third kappa shape index (κ3) is 5.53. The van der Waals surface area contributed by atoms with Crippen molar-refractivity contribution in [3.05, 3.63) is 97.8 Å². The number of benzene rings is 2. The van der Waals surface area contributed by atoms with Crippen LogP contribution in [0, 0.1) is 11.6 Å². The van der Waals surface area contributed by atoms with Crippen molar-refractivity contribution in [1.29, 1.82) is 0 Å². The Kier molecular flexibility index (Phi) is 8.10. The highest BCUT2D eigenvalue weighted by atomic mass is 35.5. The van der Waals surface area contributed by atoms with E-state index in [1.165, 1.54) is 53.7 Å². The number of nitrogens with zero attached hydrogens (tertiary/aromatic N) is 4. The van der Waals surface area contributed by atoms with Gasteiger partial charge in [0.05, 0.1) is 34.9 Å². The zero-order chi connectivity index (χ0) is 31.1. The molecule has 2 fully saturated rings. The third-order valence-corrected chi connectivity index (χ3v) is 9.05. The number of rotatable bonds is 7. The molecule has 2 saturated heterocycles. The van der Waals surface area contributed by atoms with Gasteiger partial charge >= 0.3 is 18.0 Å². The second kappa shape index (κ2) is 12.0. The number of carbonyl (C=O) groups is 3. The summed E-state index contributed by atoms with van der Waals surface area (Å²) in [5.74, 6) is -2.67. The van der Waals surface area contributed by atoms with E-state index in [2.05, 4.69) is 10.2 Å². The summed E-state index contributed by atoms with van der Waals surface area (Å²) in [7, 11) is 1.27. The van der Waals surface area contributed by atoms with E-state index in [-0.39, 0.29) is 47.0 Å². The Morgan fingerprint density at radius 1 is 1.16 bits per heavy atom. The van der Waals surface area contributed by atoms with Crippen LogP contribution in [0.3, 0.4) is 0 Å². The van der Waals surface area contributed by atoms with E-state index >= 15 is 0 Å². The first kappa shape index (κ1) is 29.7. The number of halogens is 3. The maximum Gasteiger partial charge on any atom is 0.338 e. The lowest BCUT2D eigenvalue weighted by molar-refractivity contribution is -0.136. The second-order valence-corrected chi connectivity index (χ2v) is 11.8. The Bertz CT molecular complexity index is 1720. The number of esters is 1. The lowest BCUT2D eigenvalue weighted by atomic mass is 9.95. The van der Waals surface area contributed by atoms with Gasteiger partial charge in [-0.15, -0.1) is 11.3 Å². The normalized spacial score (nSPS) is 20.4. The van der Waals surface area contributed by atoms with Gasteiger partial charge in [0.2, 0.25) is 0 Å². The van der Waals surface area contributed by atoms with E-state index in [1.807, 2.05) is 17.5 Å². The highest BCUT2D eigenvalue weighted by Crippen LogP contribution is 2.37. The number of aromatic carboxylic acids is 1. The van der Waals surface area contributed by atoms with Crippen LogP contribution >= 0.6 is 22.9 Å². The van der Waals surface area contributed by atoms with Gasteiger partial charge in [-0.25, -0.2) is 23.2 Å². The molecule has 6 rings (SSSR count). The van der Waals surface area contributed by atoms with Crippen molar-refractivity contribution in [1.82, 2.24) is 15.1 Å². The van der Waals surface area contributed by atoms with Crippen molar-refractivity contribution in [2.75, 3.05) is 44.7 Å². The minimum Gasteiger partial charge on any atom is -0.478 e. The molecule has 2 amide bonds. The van der Waals surface area contributed by atoms with Crippen LogP contribution in [0.2, 0.25) is 5.02 Å². The summed E-state index contributed by atoms with van der Waals surface area (Å²) in [6.07, 6.45) is 0. The van der Waals surface area contributed by atoms with Gasteiger partial charge < -0.3 is 20.1 Å². The van der Waals surface area contributed by atoms with Crippen LogP contribution in [0.25, 0.3) is 0 Å². The fourth-order valence-electron chi connectivity index (χ4n) is 5.76. The molecule has 10 nitrogen and oxygen atoms in total. The number of aliphatic imine (C=N–C) groups is 1. The van der Waals surface area contributed by atoms with Crippen LogP contribution < -0.4 is 10.2 Å². The molecule has 2 N–H and O–H groups in total. The molecule has 3 aromatic rings. The highest BCUT2D eigenvalue weighted by molar-refractivity contribution is 7.12. The number of hydrogen-bond donors (Lipinski definition) is 2. The van der Waals surface area contributed by atoms with Gasteiger partial charge in [0, 0.05) is 49.0 Å². The summed E-state index contributed by atoms with van der Waals surface area (Å²) in [6, 6.07) is 9.67. The molecule has 0 spiro atoms. The molecule has 3 aliphatic heterocycles. The lowest BCUT2D eigenvalue weighted by Crippen LogP contribution is -2.53. The summed E-state index contributed by atoms with van der Waals surface area (Å²) >= 11 is 7.91. The SMILES string of the molecule is COC(=O)C1=C(CN2CCN3C(=O)N(c4ccc(C(=O)O)cc4F)C[C@@H]3C2)NC(c2cccs2)=N[C@H]1c1ccc(F)cc1Cl. The van der Waals surface area contributed by atoms with Crippen molar-refractivity contribution in [2.45, 2.75) is 12.1 Å². The number of amidine groups is 1. The van der Waals surface area contributed by atoms with Gasteiger partial charge in [0.15, 0.2) is 0 Å². The molecule has 0 aliphatic carbocycles. The standard InChI is InChI=1S/C30H26ClF2N5O5S/c1-43-29(41)25-22(34-27(24-3-2-10-44-24)35-26(25)19-6-5-17(32)12-20(19)31)15-36-8-9-37-18(13-36)14-38(30(37)42)23-7-4-16(28(39)40)11-21(23)33/h2-7,10-12,18,26H,8-9,13-15H2,1H3,(H,34,35)(H,39,40)/t18-,26-/m0/s1. The van der Waals surface area contributed by atoms with Gasteiger partial charge in [-0.3, -0.25) is 14.8 Å². The molecule has 2 aromatic carbocycles. The summed E-state index contributed by atoms with van der Waals surface area (Å²) < 4.78 is 34.0. The fraction of sp³-hybridized carbons (Fsp3) is 0.267. The molecule has 3 aliphatic rings. The number of fused-ring (bicyclic) bond motifs is 1. The number of carboxylic acid groups (broad SMARTS) is 1. The zero-order valence-corrected chi connectivity index (χ0v) is 24.9. The number of carboxylic acids is 1. The van der Waals surface area contributed by atoms with Crippen molar-refractivity contribution >= 4 is 52.4 Å². The van der Waals surface area contributed by atoms with Crippen molar-refractivity contribution in [3.63, 3.8) is 0 Å². The third-order valence-electron chi connectivity index (χ3n) is 7.85. The Balaban J connectivity index is 1.29. The monoisotopic (exact) mass is 641 g/mol. The van der Waals surface area contributed by atoms with Gasteiger partial charge in [-0.05, 0) is 41.8 Å². The number of piperazine rings is 1. The topological polar surface area (TPSA) is 115 Å². The molecule has 228 valence electrons. The maximum absolute atomic E-state index is 14.8. The molecular weight excluding hydrogens is 616 g/mol. The first-order valence-electron chi connectivity index (χ1n) is 13.6. The first-order chi connectivity index (χ1) is 21.1. The van der Waals surface area contributed by atoms with Gasteiger partial charge in [0.1, 0.15) is 23.5 Å². The van der Waals surface area contributed by atoms with E-state index in [9.17, 15) is 23.2 Å². The highest BCUT2D eigenvalue weighted by Gasteiger charge is 2.43. The first-order valence-corrected chi connectivity index (χ1v) is 14.9. The number of thiophene rings is 1. The maximum atomic E-state index is 14.8. The fourth-order valence-corrected chi connectivity index (χ4v) is 6.70. The Hall–Kier alpha value is -4.33. The smallest absolute Gasteiger partial charge is 0.338 e. The molecular formula is C30H26ClF2N5O5S. The number of anilines is 1. The van der Waals surface area contributed by atoms with Crippen molar-refractivity contribution < 1.29 is 33.0 Å². The Morgan fingerprint density at radius 3 is 2.66 bits per heavy atom. The Morgan fingerprint density at radius 2 is 1.98 bits per heavy atom. The number of amides is 2. The van der Waals surface area contributed by atoms with Crippen LogP contribution in [0.4, 0.5) is 19.3 Å². The van der Waals surface area contributed by atoms with Crippen LogP contribution in [-0.4, -0.2) is 84.6 Å². The van der Waals surface area contributed by atoms with Crippen molar-refractivity contribution in [3.8, 4) is 0 Å². The number of urea groups is 1. The average molecular weight is 642 g/mol. The molecule has 14 heteroatoms. The molecule has 0 unspecified atom stereocenters. The molecule has 0 saturated carbocycles. The summed E-state index contributed by atoms with van der Waals surface area (Å²) in [4.78, 5) is 48.4. The molecule has 2 atom stereocenters. The van der Waals surface area contributed by atoms with Gasteiger partial charge in [-0.2, -0.15) is 0 Å². The van der Waals surface area contributed by atoms with Crippen LogP contribution in [-0.2, 0) is 9.53 Å². The Labute approximate surface area is 259 Å². The van der Waals surface area contributed by atoms with Crippen LogP contribution in [0.15, 0.2) is 70.2 Å². The minimum absolute atomic E-state index is 0.0152. The summed E-state index contributed by atoms with van der Waals surface area (Å²) in [5.41, 5.74) is 1.02. The lowest BCUT2D eigenvalue weighted by Gasteiger charge is -2.38. The number of nitrogens with one attached hydrogen (secondary N) is 1. The molecule has 0 bridgehead atoms. The van der Waals surface area contributed by atoms with Crippen molar-refractivity contribution in [2.24, 2.45) is 4.99 Å². The number of ether oxygens (including phenoxy) is 1. The quantitative estimate of drug-likeness (QED) is 0.365. The molecule has 1 aromatic heterocycles. The van der Waals surface area contributed by atoms with Crippen LogP contribution in [0.5, 0.6) is 0 Å². The summed E-state index contributed by atoms with van der Waals surface area (Å²) in [6.45, 7) is 1.71. The minimum atomic E-state index is -1.26. The second-order valence-electron chi connectivity index (χ2n) is 10.5. The van der Waals surface area contributed by atoms with E-state index in [0.717, 1.165) is 10.9 Å². The van der Waals surface area contributed by atoms with E-state index in [1.54, 1.807) is 4.90 Å². The molecule has 0 radical (unpaired) electrons. The van der Waals surface area contributed by atoms with Gasteiger partial charge in [0.25, 0.3) is 0 Å². The van der Waals surface area contributed by atoms with E-state index < -0.39 is 29.6 Å². The van der Waals surface area contributed by atoms with E-state index in [0.29, 0.717) is 36.7 Å². The predicted octanol–water partition coefficient (Wildman–Crippen LogP) is 4.52. The number of methoxy groups -OCH3 is 1. The average Bonchev–Trinajstić information content (AvgIpc) is 3.65.